The van der Waals surface area contributed by atoms with E-state index in [-0.39, 0.29) is 5.03 Å². The summed E-state index contributed by atoms with van der Waals surface area (Å²) in [5.74, 6) is 1.04. The Balaban J connectivity index is 1.48. The normalized spacial score (nSPS) is 18.9. The molecule has 0 amide bonds. The van der Waals surface area contributed by atoms with E-state index in [2.05, 4.69) is 43.9 Å². The summed E-state index contributed by atoms with van der Waals surface area (Å²) in [6.07, 6.45) is 5.30. The number of H-pyrrole nitrogens is 1. The van der Waals surface area contributed by atoms with Crippen molar-refractivity contribution in [3.63, 3.8) is 0 Å². The van der Waals surface area contributed by atoms with E-state index in [1.807, 2.05) is 13.0 Å². The van der Waals surface area contributed by atoms with E-state index in [9.17, 15) is 8.42 Å². The molecule has 1 saturated heterocycles. The van der Waals surface area contributed by atoms with Crippen molar-refractivity contribution in [1.82, 2.24) is 19.6 Å². The maximum absolute atomic E-state index is 12.4. The molecule has 1 aromatic carbocycles. The molecule has 2 heterocycles. The standard InChI is InChI=1S/C19H28N4O2S/c1-2-18-20-14-19(22-18)26(24,25)21-13-17-9-6-11-23(15-17)12-10-16-7-4-3-5-8-16/h3-5,7-8,14,17,21H,2,6,9-13,15H2,1H3,(H,20,22)/t17-/m0/s1. The first kappa shape index (κ1) is 19.1. The Morgan fingerprint density at radius 2 is 2.12 bits per heavy atom. The largest absolute Gasteiger partial charge is 0.332 e. The van der Waals surface area contributed by atoms with Gasteiger partial charge in [-0.25, -0.2) is 18.1 Å². The highest BCUT2D eigenvalue weighted by Crippen LogP contribution is 2.17. The number of likely N-dealkylation sites (tertiary alicyclic amines) is 1. The van der Waals surface area contributed by atoms with Crippen molar-refractivity contribution < 1.29 is 8.42 Å². The van der Waals surface area contributed by atoms with Gasteiger partial charge >= 0.3 is 0 Å². The molecule has 0 unspecified atom stereocenters. The first-order valence-corrected chi connectivity index (χ1v) is 10.8. The van der Waals surface area contributed by atoms with E-state index in [0.717, 1.165) is 38.9 Å². The average Bonchev–Trinajstić information content (AvgIpc) is 3.16. The first-order valence-electron chi connectivity index (χ1n) is 9.36. The Kier molecular flexibility index (Phi) is 6.45. The lowest BCUT2D eigenvalue weighted by Gasteiger charge is -2.32. The van der Waals surface area contributed by atoms with Gasteiger partial charge in [0.05, 0.1) is 6.20 Å². The fraction of sp³-hybridized carbons (Fsp3) is 0.526. The fourth-order valence-electron chi connectivity index (χ4n) is 3.42. The molecule has 2 aromatic rings. The van der Waals surface area contributed by atoms with Crippen LogP contribution in [0.15, 0.2) is 41.6 Å². The van der Waals surface area contributed by atoms with Crippen molar-refractivity contribution >= 4 is 10.0 Å². The zero-order valence-corrected chi connectivity index (χ0v) is 16.1. The molecule has 7 heteroatoms. The molecule has 0 aliphatic carbocycles. The van der Waals surface area contributed by atoms with Crippen LogP contribution in [0, 0.1) is 5.92 Å². The molecule has 26 heavy (non-hydrogen) atoms. The number of rotatable bonds is 8. The average molecular weight is 377 g/mol. The van der Waals surface area contributed by atoms with Gasteiger partial charge in [0.2, 0.25) is 0 Å². The summed E-state index contributed by atoms with van der Waals surface area (Å²) >= 11 is 0. The number of aromatic nitrogens is 2. The highest BCUT2D eigenvalue weighted by atomic mass is 32.2. The van der Waals surface area contributed by atoms with Crippen LogP contribution < -0.4 is 4.72 Å². The van der Waals surface area contributed by atoms with Crippen LogP contribution in [0.3, 0.4) is 0 Å². The minimum Gasteiger partial charge on any atom is -0.332 e. The van der Waals surface area contributed by atoms with Crippen molar-refractivity contribution in [2.24, 2.45) is 5.92 Å². The summed E-state index contributed by atoms with van der Waals surface area (Å²) in [5, 5.41) is 0.158. The molecular formula is C19H28N4O2S. The molecule has 1 atom stereocenters. The van der Waals surface area contributed by atoms with Gasteiger partial charge in [-0.1, -0.05) is 37.3 Å². The van der Waals surface area contributed by atoms with E-state index >= 15 is 0 Å². The number of imidazole rings is 1. The Hall–Kier alpha value is -1.70. The summed E-state index contributed by atoms with van der Waals surface area (Å²) in [5.41, 5.74) is 1.35. The Morgan fingerprint density at radius 3 is 2.85 bits per heavy atom. The van der Waals surface area contributed by atoms with E-state index in [1.165, 1.54) is 11.8 Å². The zero-order chi connectivity index (χ0) is 18.4. The Labute approximate surface area is 156 Å². The third-order valence-electron chi connectivity index (χ3n) is 4.95. The van der Waals surface area contributed by atoms with Gasteiger partial charge < -0.3 is 9.88 Å². The summed E-state index contributed by atoms with van der Waals surface area (Å²) in [6, 6.07) is 10.5. The minimum absolute atomic E-state index is 0.158. The lowest BCUT2D eigenvalue weighted by Crippen LogP contribution is -2.41. The molecule has 1 aromatic heterocycles. The highest BCUT2D eigenvalue weighted by molar-refractivity contribution is 7.89. The smallest absolute Gasteiger partial charge is 0.257 e. The van der Waals surface area contributed by atoms with Crippen LogP contribution in [0.5, 0.6) is 0 Å². The van der Waals surface area contributed by atoms with Crippen LogP contribution in [0.1, 0.15) is 31.2 Å². The van der Waals surface area contributed by atoms with Gasteiger partial charge in [-0.05, 0) is 37.3 Å². The van der Waals surface area contributed by atoms with Crippen molar-refractivity contribution in [2.75, 3.05) is 26.2 Å². The van der Waals surface area contributed by atoms with Crippen LogP contribution in [-0.4, -0.2) is 49.5 Å². The van der Waals surface area contributed by atoms with Crippen LogP contribution in [0.25, 0.3) is 0 Å². The molecule has 0 spiro atoms. The number of aryl methyl sites for hydroxylation is 1. The highest BCUT2D eigenvalue weighted by Gasteiger charge is 2.23. The quantitative estimate of drug-likeness (QED) is 0.740. The number of aromatic amines is 1. The minimum atomic E-state index is -3.51. The number of nitrogens with zero attached hydrogens (tertiary/aromatic N) is 2. The Bertz CT molecular complexity index is 789. The van der Waals surface area contributed by atoms with Gasteiger partial charge in [-0.15, -0.1) is 0 Å². The predicted molar refractivity (Wildman–Crippen MR) is 102 cm³/mol. The maximum atomic E-state index is 12.4. The second kappa shape index (κ2) is 8.79. The second-order valence-corrected chi connectivity index (χ2v) is 8.68. The molecule has 0 bridgehead atoms. The third kappa shape index (κ3) is 5.16. The number of benzene rings is 1. The fourth-order valence-corrected chi connectivity index (χ4v) is 4.47. The zero-order valence-electron chi connectivity index (χ0n) is 15.3. The van der Waals surface area contributed by atoms with Crippen LogP contribution >= 0.6 is 0 Å². The molecule has 1 aliphatic heterocycles. The van der Waals surface area contributed by atoms with Gasteiger partial charge in [0.1, 0.15) is 5.82 Å². The van der Waals surface area contributed by atoms with Crippen molar-refractivity contribution in [1.29, 1.82) is 0 Å². The molecule has 1 fully saturated rings. The number of nitrogens with one attached hydrogen (secondary N) is 2. The maximum Gasteiger partial charge on any atom is 0.257 e. The lowest BCUT2D eigenvalue weighted by atomic mass is 9.98. The first-order chi connectivity index (χ1) is 12.6. The molecule has 6 nitrogen and oxygen atoms in total. The van der Waals surface area contributed by atoms with E-state index in [1.54, 1.807) is 0 Å². The van der Waals surface area contributed by atoms with E-state index in [0.29, 0.717) is 24.7 Å². The molecular weight excluding hydrogens is 348 g/mol. The van der Waals surface area contributed by atoms with Crippen molar-refractivity contribution in [3.05, 3.63) is 47.9 Å². The number of hydrogen-bond acceptors (Lipinski definition) is 4. The Morgan fingerprint density at radius 1 is 1.31 bits per heavy atom. The van der Waals surface area contributed by atoms with E-state index in [4.69, 9.17) is 0 Å². The molecule has 2 N–H and O–H groups in total. The molecule has 0 radical (unpaired) electrons. The van der Waals surface area contributed by atoms with Crippen LogP contribution in [-0.2, 0) is 22.9 Å². The SMILES string of the molecule is CCc1ncc(S(=O)(=O)NC[C@@H]2CCCN(CCc3ccccc3)C2)[nH]1. The second-order valence-electron chi connectivity index (χ2n) is 6.94. The van der Waals surface area contributed by atoms with Gasteiger partial charge in [-0.2, -0.15) is 0 Å². The number of hydrogen-bond donors (Lipinski definition) is 2. The summed E-state index contributed by atoms with van der Waals surface area (Å²) in [4.78, 5) is 9.39. The predicted octanol–water partition coefficient (Wildman–Crippen LogP) is 2.21. The molecule has 3 rings (SSSR count). The summed E-state index contributed by atoms with van der Waals surface area (Å²) in [7, 11) is -3.51. The summed E-state index contributed by atoms with van der Waals surface area (Å²) < 4.78 is 27.6. The molecule has 142 valence electrons. The van der Waals surface area contributed by atoms with Crippen LogP contribution in [0.4, 0.5) is 0 Å². The number of piperidine rings is 1. The van der Waals surface area contributed by atoms with Gasteiger partial charge in [0, 0.05) is 26.1 Å². The topological polar surface area (TPSA) is 78.1 Å². The van der Waals surface area contributed by atoms with Crippen molar-refractivity contribution in [3.8, 4) is 0 Å². The van der Waals surface area contributed by atoms with E-state index < -0.39 is 10.0 Å². The summed E-state index contributed by atoms with van der Waals surface area (Å²) in [6.45, 7) is 5.47. The third-order valence-corrected chi connectivity index (χ3v) is 6.29. The van der Waals surface area contributed by atoms with Gasteiger partial charge in [0.15, 0.2) is 5.03 Å². The van der Waals surface area contributed by atoms with Crippen LogP contribution in [0.2, 0.25) is 0 Å². The monoisotopic (exact) mass is 376 g/mol. The number of sulfonamides is 1. The molecule has 0 saturated carbocycles. The van der Waals surface area contributed by atoms with Crippen molar-refractivity contribution in [2.45, 2.75) is 37.6 Å². The van der Waals surface area contributed by atoms with Gasteiger partial charge in [0.25, 0.3) is 10.0 Å². The molecule has 1 aliphatic rings. The van der Waals surface area contributed by atoms with Gasteiger partial charge in [-0.3, -0.25) is 0 Å². The lowest BCUT2D eigenvalue weighted by molar-refractivity contribution is 0.178.